The first-order valence-corrected chi connectivity index (χ1v) is 13.8. The highest BCUT2D eigenvalue weighted by Gasteiger charge is 2.25. The summed E-state index contributed by atoms with van der Waals surface area (Å²) in [6.45, 7) is 0.993. The Morgan fingerprint density at radius 2 is 1.92 bits per heavy atom. The summed E-state index contributed by atoms with van der Waals surface area (Å²) in [6.07, 6.45) is 3.08. The van der Waals surface area contributed by atoms with Crippen LogP contribution in [-0.2, 0) is 16.6 Å². The van der Waals surface area contributed by atoms with Crippen LogP contribution in [0.15, 0.2) is 35.1 Å². The van der Waals surface area contributed by atoms with Gasteiger partial charge >= 0.3 is 0 Å². The molecule has 4 rings (SSSR count). The van der Waals surface area contributed by atoms with Gasteiger partial charge in [-0.25, -0.2) is 26.5 Å². The Balaban J connectivity index is 1.43. The van der Waals surface area contributed by atoms with E-state index in [9.17, 15) is 26.8 Å². The summed E-state index contributed by atoms with van der Waals surface area (Å²) in [4.78, 5) is 31.8. The van der Waals surface area contributed by atoms with E-state index in [1.807, 2.05) is 0 Å². The van der Waals surface area contributed by atoms with Crippen LogP contribution in [0.1, 0.15) is 35.4 Å². The van der Waals surface area contributed by atoms with Gasteiger partial charge in [-0.15, -0.1) is 0 Å². The number of H-pyrrole nitrogens is 1. The number of carbonyl (C=O) groups excluding carboxylic acids is 1. The van der Waals surface area contributed by atoms with Crippen molar-refractivity contribution in [2.45, 2.75) is 25.8 Å². The van der Waals surface area contributed by atoms with Crippen molar-refractivity contribution < 1.29 is 26.7 Å². The molecule has 3 aromatic rings. The fraction of sp³-hybridized carbons (Fsp3) is 0.375. The summed E-state index contributed by atoms with van der Waals surface area (Å²) < 4.78 is 58.3. The van der Waals surface area contributed by atoms with Crippen molar-refractivity contribution in [3.8, 4) is 5.75 Å². The molecule has 0 bridgehead atoms. The van der Waals surface area contributed by atoms with Gasteiger partial charge in [-0.05, 0) is 55.0 Å². The second kappa shape index (κ2) is 11.1. The minimum atomic E-state index is -3.22. The van der Waals surface area contributed by atoms with E-state index in [0.717, 1.165) is 6.07 Å². The molecule has 0 radical (unpaired) electrons. The zero-order valence-electron chi connectivity index (χ0n) is 19.9. The molecule has 9 nitrogen and oxygen atoms in total. The number of ether oxygens (including phenoxy) is 1. The normalized spacial score (nSPS) is 15.1. The third-order valence-corrected chi connectivity index (χ3v) is 7.84. The minimum absolute atomic E-state index is 0.0153. The van der Waals surface area contributed by atoms with Crippen molar-refractivity contribution in [1.29, 1.82) is 0 Å². The molecule has 1 aromatic heterocycles. The number of hydrogen-bond acceptors (Lipinski definition) is 6. The summed E-state index contributed by atoms with van der Waals surface area (Å²) in [5.74, 6) is -2.34. The van der Waals surface area contributed by atoms with E-state index in [2.05, 4.69) is 15.3 Å². The van der Waals surface area contributed by atoms with Crippen molar-refractivity contribution in [3.63, 3.8) is 0 Å². The monoisotopic (exact) mass is 554 g/mol. The van der Waals surface area contributed by atoms with Crippen molar-refractivity contribution in [1.82, 2.24) is 19.6 Å². The third-order valence-electron chi connectivity index (χ3n) is 6.25. The number of halogens is 3. The highest BCUT2D eigenvalue weighted by atomic mass is 35.5. The first-order valence-electron chi connectivity index (χ1n) is 11.6. The molecular formula is C24H25ClF2N4O5S. The molecule has 1 aliphatic rings. The van der Waals surface area contributed by atoms with Crippen LogP contribution in [0, 0.1) is 17.6 Å². The number of benzene rings is 2. The number of rotatable bonds is 8. The molecule has 0 saturated carbocycles. The average molecular weight is 555 g/mol. The molecule has 1 fully saturated rings. The molecule has 0 aliphatic carbocycles. The molecule has 0 spiro atoms. The van der Waals surface area contributed by atoms with Crippen LogP contribution in [0.3, 0.4) is 0 Å². The predicted molar refractivity (Wildman–Crippen MR) is 134 cm³/mol. The van der Waals surface area contributed by atoms with Gasteiger partial charge in [0.1, 0.15) is 11.2 Å². The number of aromatic amines is 1. The predicted octanol–water partition coefficient (Wildman–Crippen LogP) is 3.23. The highest BCUT2D eigenvalue weighted by molar-refractivity contribution is 7.88. The molecule has 2 heterocycles. The quantitative estimate of drug-likeness (QED) is 0.441. The van der Waals surface area contributed by atoms with E-state index < -0.39 is 33.1 Å². The Labute approximate surface area is 216 Å². The van der Waals surface area contributed by atoms with E-state index in [1.165, 1.54) is 34.8 Å². The van der Waals surface area contributed by atoms with Crippen molar-refractivity contribution >= 4 is 38.4 Å². The first kappa shape index (κ1) is 27.0. The van der Waals surface area contributed by atoms with Crippen LogP contribution in [0.25, 0.3) is 10.9 Å². The molecule has 198 valence electrons. The topological polar surface area (TPSA) is 121 Å². The van der Waals surface area contributed by atoms with Crippen LogP contribution in [0.4, 0.5) is 8.78 Å². The number of hydrogen-bond donors (Lipinski definition) is 2. The van der Waals surface area contributed by atoms with Gasteiger partial charge in [0.2, 0.25) is 10.0 Å². The third kappa shape index (κ3) is 6.43. The van der Waals surface area contributed by atoms with E-state index >= 15 is 0 Å². The Kier molecular flexibility index (Phi) is 8.10. The van der Waals surface area contributed by atoms with Crippen LogP contribution >= 0.6 is 11.6 Å². The second-order valence-electron chi connectivity index (χ2n) is 8.86. The number of carbonyl (C=O) groups is 1. The number of sulfonamides is 1. The molecule has 1 saturated heterocycles. The molecule has 0 unspecified atom stereocenters. The van der Waals surface area contributed by atoms with Gasteiger partial charge in [0.25, 0.3) is 11.5 Å². The van der Waals surface area contributed by atoms with Crippen molar-refractivity contribution in [2.24, 2.45) is 5.92 Å². The van der Waals surface area contributed by atoms with E-state index in [1.54, 1.807) is 0 Å². The maximum atomic E-state index is 14.6. The second-order valence-corrected chi connectivity index (χ2v) is 11.2. The first-order chi connectivity index (χ1) is 17.5. The Morgan fingerprint density at radius 3 is 2.59 bits per heavy atom. The zero-order valence-corrected chi connectivity index (χ0v) is 21.5. The van der Waals surface area contributed by atoms with Crippen LogP contribution in [-0.4, -0.2) is 54.6 Å². The molecule has 2 aromatic carbocycles. The number of aromatic nitrogens is 2. The molecule has 0 atom stereocenters. The minimum Gasteiger partial charge on any atom is -0.490 e. The number of nitrogens with one attached hydrogen (secondary N) is 2. The fourth-order valence-corrected chi connectivity index (χ4v) is 5.28. The van der Waals surface area contributed by atoms with Crippen molar-refractivity contribution in [3.05, 3.63) is 68.7 Å². The molecule has 1 aliphatic heterocycles. The lowest BCUT2D eigenvalue weighted by molar-refractivity contribution is 0.0940. The number of piperidine rings is 1. The van der Waals surface area contributed by atoms with Gasteiger partial charge in [0, 0.05) is 19.6 Å². The van der Waals surface area contributed by atoms with Crippen molar-refractivity contribution in [2.75, 3.05) is 26.0 Å². The van der Waals surface area contributed by atoms with Gasteiger partial charge < -0.3 is 15.0 Å². The maximum absolute atomic E-state index is 14.6. The lowest BCUT2D eigenvalue weighted by atomic mass is 9.95. The highest BCUT2D eigenvalue weighted by Crippen LogP contribution is 2.27. The van der Waals surface area contributed by atoms with Gasteiger partial charge in [-0.2, -0.15) is 0 Å². The Hall–Kier alpha value is -3.09. The average Bonchev–Trinajstić information content (AvgIpc) is 2.85. The Morgan fingerprint density at radius 1 is 1.22 bits per heavy atom. The SMILES string of the molecule is CS(=O)(=O)N1CCC(CCOc2c(F)ccc3nc(C(=O)NCc4ccc(F)c(Cl)c4)[nH]c(=O)c23)CC1. The van der Waals surface area contributed by atoms with E-state index in [0.29, 0.717) is 37.9 Å². The lowest BCUT2D eigenvalue weighted by Gasteiger charge is -2.30. The van der Waals surface area contributed by atoms with E-state index in [4.69, 9.17) is 16.3 Å². The van der Waals surface area contributed by atoms with Crippen LogP contribution in [0.2, 0.25) is 5.02 Å². The lowest BCUT2D eigenvalue weighted by Crippen LogP contribution is -2.38. The maximum Gasteiger partial charge on any atom is 0.287 e. The van der Waals surface area contributed by atoms with Gasteiger partial charge in [0.15, 0.2) is 17.4 Å². The summed E-state index contributed by atoms with van der Waals surface area (Å²) >= 11 is 5.75. The van der Waals surface area contributed by atoms with Crippen LogP contribution < -0.4 is 15.6 Å². The summed E-state index contributed by atoms with van der Waals surface area (Å²) in [6, 6.07) is 6.39. The van der Waals surface area contributed by atoms with Gasteiger partial charge in [0.05, 0.1) is 23.4 Å². The molecule has 13 heteroatoms. The smallest absolute Gasteiger partial charge is 0.287 e. The van der Waals surface area contributed by atoms with Gasteiger partial charge in [-0.1, -0.05) is 17.7 Å². The largest absolute Gasteiger partial charge is 0.490 e. The molecule has 1 amide bonds. The number of nitrogens with zero attached hydrogens (tertiary/aromatic N) is 2. The summed E-state index contributed by atoms with van der Waals surface area (Å²) in [5, 5.41) is 2.36. The zero-order chi connectivity index (χ0) is 26.7. The molecule has 2 N–H and O–H groups in total. The molecular weight excluding hydrogens is 530 g/mol. The standard InChI is InChI=1S/C24H25ClF2N4O5S/c1-37(34,35)31-9-6-14(7-10-31)8-11-36-21-18(27)4-5-19-20(21)23(32)30-22(29-19)24(33)28-13-15-2-3-17(26)16(25)12-15/h2-5,12,14H,6-11,13H2,1H3,(H,28,33)(H,29,30,32). The van der Waals surface area contributed by atoms with Crippen LogP contribution in [0.5, 0.6) is 5.75 Å². The fourth-order valence-electron chi connectivity index (χ4n) is 4.20. The summed E-state index contributed by atoms with van der Waals surface area (Å²) in [5.41, 5.74) is -0.116. The van der Waals surface area contributed by atoms with E-state index in [-0.39, 0.29) is 46.6 Å². The number of fused-ring (bicyclic) bond motifs is 1. The summed E-state index contributed by atoms with van der Waals surface area (Å²) in [7, 11) is -3.22. The number of amides is 1. The van der Waals surface area contributed by atoms with Gasteiger partial charge in [-0.3, -0.25) is 9.59 Å². The Bertz CT molecular complexity index is 1490. The molecule has 37 heavy (non-hydrogen) atoms.